The van der Waals surface area contributed by atoms with Gasteiger partial charge in [-0.2, -0.15) is 0 Å². The van der Waals surface area contributed by atoms with Gasteiger partial charge in [0.15, 0.2) is 5.69 Å². The van der Waals surface area contributed by atoms with E-state index in [0.717, 1.165) is 31.2 Å². The Bertz CT molecular complexity index is 715. The fourth-order valence-corrected chi connectivity index (χ4v) is 2.59. The minimum absolute atomic E-state index is 0.0428. The van der Waals surface area contributed by atoms with Crippen LogP contribution < -0.4 is 4.74 Å². The number of carboxylic acid groups (broad SMARTS) is 1. The number of benzene rings is 1. The lowest BCUT2D eigenvalue weighted by Gasteiger charge is -2.13. The monoisotopic (exact) mass is 343 g/mol. The first-order chi connectivity index (χ1) is 12.0. The largest absolute Gasteiger partial charge is 0.487 e. The zero-order chi connectivity index (χ0) is 18.2. The van der Waals surface area contributed by atoms with Crippen LogP contribution in [-0.4, -0.2) is 21.2 Å². The molecule has 0 saturated heterocycles. The van der Waals surface area contributed by atoms with Gasteiger partial charge in [0.25, 0.3) is 0 Å². The Hall–Kier alpha value is -2.40. The first-order valence-corrected chi connectivity index (χ1v) is 8.62. The van der Waals surface area contributed by atoms with Gasteiger partial charge >= 0.3 is 5.97 Å². The van der Waals surface area contributed by atoms with Crippen LogP contribution in [0.5, 0.6) is 5.75 Å². The Morgan fingerprint density at radius 2 is 2.04 bits per heavy atom. The summed E-state index contributed by atoms with van der Waals surface area (Å²) < 4.78 is 5.72. The first kappa shape index (κ1) is 18.9. The second-order valence-electron chi connectivity index (χ2n) is 6.15. The number of pyridine rings is 1. The molecule has 1 aromatic heterocycles. The molecule has 0 aliphatic rings. The van der Waals surface area contributed by atoms with Crippen molar-refractivity contribution < 1.29 is 19.7 Å². The third kappa shape index (κ3) is 5.57. The van der Waals surface area contributed by atoms with Crippen LogP contribution in [0.25, 0.3) is 0 Å². The van der Waals surface area contributed by atoms with E-state index in [1.807, 2.05) is 24.3 Å². The van der Waals surface area contributed by atoms with Crippen molar-refractivity contribution in [2.45, 2.75) is 52.2 Å². The molecule has 0 aliphatic carbocycles. The number of ether oxygens (including phenoxy) is 1. The highest BCUT2D eigenvalue weighted by molar-refractivity contribution is 5.86. The van der Waals surface area contributed by atoms with Crippen molar-refractivity contribution in [3.63, 3.8) is 0 Å². The highest BCUT2D eigenvalue weighted by Crippen LogP contribution is 2.24. The quantitative estimate of drug-likeness (QED) is 0.664. The van der Waals surface area contributed by atoms with Crippen molar-refractivity contribution in [3.8, 4) is 5.75 Å². The van der Waals surface area contributed by atoms with Crippen LogP contribution in [0.1, 0.15) is 66.0 Å². The van der Waals surface area contributed by atoms with Gasteiger partial charge in [-0.05, 0) is 42.7 Å². The van der Waals surface area contributed by atoms with Crippen LogP contribution >= 0.6 is 0 Å². The van der Waals surface area contributed by atoms with E-state index < -0.39 is 12.1 Å². The summed E-state index contributed by atoms with van der Waals surface area (Å²) in [6.07, 6.45) is 3.47. The smallest absolute Gasteiger partial charge is 0.354 e. The van der Waals surface area contributed by atoms with E-state index in [0.29, 0.717) is 17.0 Å². The Kier molecular flexibility index (Phi) is 6.95. The molecule has 2 N–H and O–H groups in total. The molecule has 0 radical (unpaired) electrons. The Balaban J connectivity index is 2.00. The summed E-state index contributed by atoms with van der Waals surface area (Å²) in [6, 6.07) is 10.8. The Morgan fingerprint density at radius 1 is 1.24 bits per heavy atom. The molecule has 134 valence electrons. The van der Waals surface area contributed by atoms with E-state index in [-0.39, 0.29) is 12.3 Å². The van der Waals surface area contributed by atoms with Gasteiger partial charge in [0.1, 0.15) is 12.4 Å². The average Bonchev–Trinajstić information content (AvgIpc) is 2.61. The molecular weight excluding hydrogens is 318 g/mol. The minimum Gasteiger partial charge on any atom is -0.487 e. The van der Waals surface area contributed by atoms with E-state index in [2.05, 4.69) is 11.9 Å². The number of aliphatic hydroxyl groups is 1. The summed E-state index contributed by atoms with van der Waals surface area (Å²) in [5.74, 6) is -0.414. The highest BCUT2D eigenvalue weighted by atomic mass is 16.5. The van der Waals surface area contributed by atoms with Gasteiger partial charge in [-0.1, -0.05) is 44.4 Å². The Labute approximate surface area is 148 Å². The van der Waals surface area contributed by atoms with Crippen molar-refractivity contribution in [1.82, 2.24) is 4.98 Å². The molecule has 0 aliphatic heterocycles. The second kappa shape index (κ2) is 9.18. The average molecular weight is 343 g/mol. The first-order valence-electron chi connectivity index (χ1n) is 8.62. The minimum atomic E-state index is -1.04. The summed E-state index contributed by atoms with van der Waals surface area (Å²) in [5.41, 5.74) is 2.04. The SMILES string of the molecule is CCCCCC(O)c1cccc(OCc2ccc(C)c(C(=O)O)n2)c1. The van der Waals surface area contributed by atoms with Crippen LogP contribution in [0, 0.1) is 6.92 Å². The molecule has 1 atom stereocenters. The number of aromatic carboxylic acids is 1. The molecule has 2 aromatic rings. The zero-order valence-corrected chi connectivity index (χ0v) is 14.7. The molecule has 2 rings (SSSR count). The Morgan fingerprint density at radius 3 is 2.76 bits per heavy atom. The lowest BCUT2D eigenvalue weighted by molar-refractivity contribution is 0.0689. The molecular formula is C20H25NO4. The molecule has 0 saturated carbocycles. The maximum atomic E-state index is 11.1. The number of aromatic nitrogens is 1. The number of carbonyl (C=O) groups is 1. The fourth-order valence-electron chi connectivity index (χ4n) is 2.59. The molecule has 1 unspecified atom stereocenters. The molecule has 1 heterocycles. The maximum absolute atomic E-state index is 11.1. The molecule has 0 spiro atoms. The van der Waals surface area contributed by atoms with Crippen LogP contribution in [-0.2, 0) is 6.61 Å². The topological polar surface area (TPSA) is 79.7 Å². The predicted molar refractivity (Wildman–Crippen MR) is 95.8 cm³/mol. The number of hydrogen-bond donors (Lipinski definition) is 2. The zero-order valence-electron chi connectivity index (χ0n) is 14.7. The van der Waals surface area contributed by atoms with Gasteiger partial charge in [-0.25, -0.2) is 9.78 Å². The molecule has 5 nitrogen and oxygen atoms in total. The summed E-state index contributed by atoms with van der Waals surface area (Å²) in [5, 5.41) is 19.4. The summed E-state index contributed by atoms with van der Waals surface area (Å²) in [7, 11) is 0. The van der Waals surface area contributed by atoms with E-state index >= 15 is 0 Å². The van der Waals surface area contributed by atoms with E-state index in [1.165, 1.54) is 0 Å². The van der Waals surface area contributed by atoms with Crippen molar-refractivity contribution in [3.05, 3.63) is 58.9 Å². The normalized spacial score (nSPS) is 12.0. The van der Waals surface area contributed by atoms with E-state index in [4.69, 9.17) is 9.84 Å². The van der Waals surface area contributed by atoms with Gasteiger partial charge in [0.2, 0.25) is 0 Å². The maximum Gasteiger partial charge on any atom is 0.354 e. The van der Waals surface area contributed by atoms with Crippen molar-refractivity contribution >= 4 is 5.97 Å². The van der Waals surface area contributed by atoms with Crippen molar-refractivity contribution in [2.24, 2.45) is 0 Å². The molecule has 1 aromatic carbocycles. The van der Waals surface area contributed by atoms with Crippen LogP contribution in [0.15, 0.2) is 36.4 Å². The van der Waals surface area contributed by atoms with Gasteiger partial charge in [0, 0.05) is 0 Å². The number of nitrogens with zero attached hydrogens (tertiary/aromatic N) is 1. The van der Waals surface area contributed by atoms with Crippen LogP contribution in [0.3, 0.4) is 0 Å². The van der Waals surface area contributed by atoms with Crippen LogP contribution in [0.2, 0.25) is 0 Å². The number of hydrogen-bond acceptors (Lipinski definition) is 4. The van der Waals surface area contributed by atoms with Crippen molar-refractivity contribution in [2.75, 3.05) is 0 Å². The predicted octanol–water partition coefficient (Wildman–Crippen LogP) is 4.28. The highest BCUT2D eigenvalue weighted by Gasteiger charge is 2.11. The number of aliphatic hydroxyl groups excluding tert-OH is 1. The van der Waals surface area contributed by atoms with E-state index in [1.54, 1.807) is 19.1 Å². The molecule has 25 heavy (non-hydrogen) atoms. The lowest BCUT2D eigenvalue weighted by atomic mass is 10.0. The summed E-state index contributed by atoms with van der Waals surface area (Å²) in [6.45, 7) is 4.02. The number of carboxylic acids is 1. The third-order valence-corrected chi connectivity index (χ3v) is 4.07. The molecule has 0 fully saturated rings. The van der Waals surface area contributed by atoms with Gasteiger partial charge in [-0.3, -0.25) is 0 Å². The number of aryl methyl sites for hydroxylation is 1. The fraction of sp³-hybridized carbons (Fsp3) is 0.400. The van der Waals surface area contributed by atoms with Gasteiger partial charge in [-0.15, -0.1) is 0 Å². The van der Waals surface area contributed by atoms with Crippen molar-refractivity contribution in [1.29, 1.82) is 0 Å². The third-order valence-electron chi connectivity index (χ3n) is 4.07. The number of unbranched alkanes of at least 4 members (excludes halogenated alkanes) is 2. The molecule has 5 heteroatoms. The van der Waals surface area contributed by atoms with E-state index in [9.17, 15) is 9.90 Å². The standard InChI is InChI=1S/C20H25NO4/c1-3-4-5-9-18(22)15-7-6-8-17(12-15)25-13-16-11-10-14(2)19(21-16)20(23)24/h6-8,10-12,18,22H,3-5,9,13H2,1-2H3,(H,23,24). The van der Waals surface area contributed by atoms with Gasteiger partial charge < -0.3 is 14.9 Å². The molecule has 0 bridgehead atoms. The lowest BCUT2D eigenvalue weighted by Crippen LogP contribution is -2.07. The van der Waals surface area contributed by atoms with Crippen LogP contribution in [0.4, 0.5) is 0 Å². The number of rotatable bonds is 9. The van der Waals surface area contributed by atoms with Gasteiger partial charge in [0.05, 0.1) is 11.8 Å². The molecule has 0 amide bonds. The summed E-state index contributed by atoms with van der Waals surface area (Å²) >= 11 is 0. The second-order valence-corrected chi connectivity index (χ2v) is 6.15. The summed E-state index contributed by atoms with van der Waals surface area (Å²) in [4.78, 5) is 15.3.